The molecule has 1 fully saturated rings. The van der Waals surface area contributed by atoms with Gasteiger partial charge in [0.25, 0.3) is 5.91 Å². The van der Waals surface area contributed by atoms with E-state index in [1.807, 2.05) is 13.8 Å². The molecule has 1 heterocycles. The third-order valence-electron chi connectivity index (χ3n) is 6.96. The number of carbonyl (C=O) groups is 3. The van der Waals surface area contributed by atoms with Crippen LogP contribution in [-0.4, -0.2) is 46.3 Å². The molecular weight excluding hydrogens is 503 g/mol. The second-order valence-electron chi connectivity index (χ2n) is 10.7. The predicted molar refractivity (Wildman–Crippen MR) is 133 cm³/mol. The first-order valence-corrected chi connectivity index (χ1v) is 12.7. The van der Waals surface area contributed by atoms with Gasteiger partial charge in [0.15, 0.2) is 11.5 Å². The van der Waals surface area contributed by atoms with E-state index in [0.717, 1.165) is 4.68 Å². The number of hydrogen-bond acceptors (Lipinski definition) is 6. The van der Waals surface area contributed by atoms with Crippen LogP contribution in [0.2, 0.25) is 0 Å². The summed E-state index contributed by atoms with van der Waals surface area (Å²) in [6.07, 6.45) is -2.75. The molecule has 4 rings (SSSR count). The zero-order chi connectivity index (χ0) is 27.8. The zero-order valence-corrected chi connectivity index (χ0v) is 21.6. The van der Waals surface area contributed by atoms with Gasteiger partial charge < -0.3 is 21.1 Å². The minimum absolute atomic E-state index is 0.00527. The monoisotopic (exact) mass is 535 g/mol. The largest absolute Gasteiger partial charge is 0.446 e. The molecule has 38 heavy (non-hydrogen) atoms. The zero-order valence-electron chi connectivity index (χ0n) is 21.6. The Kier molecular flexibility index (Phi) is 7.44. The second-order valence-corrected chi connectivity index (χ2v) is 10.7. The van der Waals surface area contributed by atoms with Crippen LogP contribution in [0, 0.1) is 5.41 Å². The molecule has 1 saturated carbocycles. The number of nitrogens with two attached hydrogens (primary N) is 1. The Morgan fingerprint density at radius 3 is 2.47 bits per heavy atom. The molecule has 0 radical (unpaired) electrons. The van der Waals surface area contributed by atoms with E-state index in [2.05, 4.69) is 15.7 Å². The number of benzene rings is 1. The Morgan fingerprint density at radius 2 is 1.87 bits per heavy atom. The molecule has 206 valence electrons. The number of fused-ring (bicyclic) bond motifs is 1. The highest BCUT2D eigenvalue weighted by atomic mass is 19.4. The van der Waals surface area contributed by atoms with Crippen molar-refractivity contribution in [1.82, 2.24) is 15.1 Å². The molecule has 2 amide bonds. The molecule has 0 spiro atoms. The molecular formula is C26H32F3N5O4. The highest BCUT2D eigenvalue weighted by Gasteiger charge is 2.45. The molecule has 2 aromatic rings. The quantitative estimate of drug-likeness (QED) is 0.496. The summed E-state index contributed by atoms with van der Waals surface area (Å²) in [5.41, 5.74) is 4.47. The van der Waals surface area contributed by atoms with Gasteiger partial charge in [0.1, 0.15) is 6.10 Å². The number of alkyl halides is 3. The van der Waals surface area contributed by atoms with Crippen molar-refractivity contribution < 1.29 is 32.3 Å². The van der Waals surface area contributed by atoms with Crippen LogP contribution in [0.5, 0.6) is 0 Å². The lowest BCUT2D eigenvalue weighted by atomic mass is 9.75. The standard InChI is InChI=1S/C26H32F3N5O4/c1-4-31-24(37)38-16-8-5-14(6-9-16)32-18-11-15(7-10-17(18)23(30)36)34-19-12-25(2,3)13-20(35)21(19)22(33-34)26(27,28)29/h7,10-11,14,16,32H,4-6,8-9,12-13H2,1-3H3,(H2,30,36)(H,31,37). The van der Waals surface area contributed by atoms with Gasteiger partial charge in [-0.1, -0.05) is 13.8 Å². The summed E-state index contributed by atoms with van der Waals surface area (Å²) in [6.45, 7) is 5.92. The van der Waals surface area contributed by atoms with Crippen molar-refractivity contribution in [3.05, 3.63) is 40.7 Å². The minimum Gasteiger partial charge on any atom is -0.446 e. The summed E-state index contributed by atoms with van der Waals surface area (Å²) in [6, 6.07) is 4.38. The number of rotatable bonds is 6. The Hall–Kier alpha value is -3.57. The lowest BCUT2D eigenvalue weighted by Gasteiger charge is -2.30. The number of aromatic nitrogens is 2. The van der Waals surface area contributed by atoms with Gasteiger partial charge in [-0.15, -0.1) is 0 Å². The Labute approximate surface area is 218 Å². The molecule has 9 nitrogen and oxygen atoms in total. The Balaban J connectivity index is 1.64. The van der Waals surface area contributed by atoms with Crippen LogP contribution >= 0.6 is 0 Å². The SMILES string of the molecule is CCNC(=O)OC1CCC(Nc2cc(-n3nc(C(F)(F)F)c4c3CC(C)(C)CC4=O)ccc2C(N)=O)CC1. The number of amides is 2. The highest BCUT2D eigenvalue weighted by molar-refractivity contribution is 6.00. The van der Waals surface area contributed by atoms with Gasteiger partial charge >= 0.3 is 12.3 Å². The van der Waals surface area contributed by atoms with E-state index in [-0.39, 0.29) is 41.9 Å². The normalized spacial score (nSPS) is 20.9. The Morgan fingerprint density at radius 1 is 1.18 bits per heavy atom. The number of ether oxygens (including phenoxy) is 1. The van der Waals surface area contributed by atoms with E-state index in [4.69, 9.17) is 10.5 Å². The number of halogens is 3. The van der Waals surface area contributed by atoms with Crippen LogP contribution in [0.4, 0.5) is 23.7 Å². The summed E-state index contributed by atoms with van der Waals surface area (Å²) in [7, 11) is 0. The fourth-order valence-corrected chi connectivity index (χ4v) is 5.24. The van der Waals surface area contributed by atoms with E-state index < -0.39 is 40.6 Å². The molecule has 0 aliphatic heterocycles. The van der Waals surface area contributed by atoms with E-state index in [1.165, 1.54) is 18.2 Å². The first-order chi connectivity index (χ1) is 17.8. The number of carbonyl (C=O) groups excluding carboxylic acids is 3. The molecule has 0 bridgehead atoms. The van der Waals surface area contributed by atoms with Gasteiger partial charge in [-0.05, 0) is 62.6 Å². The molecule has 2 aliphatic carbocycles. The number of anilines is 1. The number of hydrogen-bond donors (Lipinski definition) is 3. The van der Waals surface area contributed by atoms with Gasteiger partial charge in [0, 0.05) is 24.7 Å². The molecule has 4 N–H and O–H groups in total. The van der Waals surface area contributed by atoms with Crippen molar-refractivity contribution in [2.45, 2.75) is 77.6 Å². The van der Waals surface area contributed by atoms with Gasteiger partial charge in [-0.3, -0.25) is 9.59 Å². The topological polar surface area (TPSA) is 128 Å². The number of nitrogens with zero attached hydrogens (tertiary/aromatic N) is 2. The van der Waals surface area contributed by atoms with E-state index in [9.17, 15) is 27.6 Å². The first-order valence-electron chi connectivity index (χ1n) is 12.7. The number of ketones is 1. The predicted octanol–water partition coefficient (Wildman–Crippen LogP) is 4.61. The third-order valence-corrected chi connectivity index (χ3v) is 6.96. The lowest BCUT2D eigenvalue weighted by molar-refractivity contribution is -0.141. The summed E-state index contributed by atoms with van der Waals surface area (Å²) in [5, 5.41) is 9.73. The van der Waals surface area contributed by atoms with Crippen LogP contribution < -0.4 is 16.4 Å². The summed E-state index contributed by atoms with van der Waals surface area (Å²) in [5.74, 6) is -1.28. The molecule has 2 aliphatic rings. The third kappa shape index (κ3) is 5.78. The molecule has 0 saturated heterocycles. The molecule has 1 aromatic heterocycles. The summed E-state index contributed by atoms with van der Waals surface area (Å²) >= 11 is 0. The lowest BCUT2D eigenvalue weighted by Crippen LogP contribution is -2.34. The van der Waals surface area contributed by atoms with Crippen LogP contribution in [0.15, 0.2) is 18.2 Å². The maximum atomic E-state index is 13.8. The van der Waals surface area contributed by atoms with E-state index in [1.54, 1.807) is 6.92 Å². The van der Waals surface area contributed by atoms with Crippen molar-refractivity contribution in [2.24, 2.45) is 11.1 Å². The average molecular weight is 536 g/mol. The fourth-order valence-electron chi connectivity index (χ4n) is 5.24. The fraction of sp³-hybridized carbons (Fsp3) is 0.538. The van der Waals surface area contributed by atoms with Crippen molar-refractivity contribution in [1.29, 1.82) is 0 Å². The first kappa shape index (κ1) is 27.5. The average Bonchev–Trinajstić information content (AvgIpc) is 3.19. The van der Waals surface area contributed by atoms with Crippen molar-refractivity contribution in [3.8, 4) is 5.69 Å². The second kappa shape index (κ2) is 10.3. The molecule has 12 heteroatoms. The van der Waals surface area contributed by atoms with Crippen LogP contribution in [0.1, 0.15) is 85.0 Å². The van der Waals surface area contributed by atoms with E-state index in [0.29, 0.717) is 37.9 Å². The van der Waals surface area contributed by atoms with Crippen molar-refractivity contribution in [3.63, 3.8) is 0 Å². The minimum atomic E-state index is -4.80. The van der Waals surface area contributed by atoms with Gasteiger partial charge in [-0.2, -0.15) is 18.3 Å². The van der Waals surface area contributed by atoms with Crippen LogP contribution in [-0.2, 0) is 17.3 Å². The van der Waals surface area contributed by atoms with Crippen LogP contribution in [0.3, 0.4) is 0 Å². The maximum absolute atomic E-state index is 13.8. The maximum Gasteiger partial charge on any atom is 0.435 e. The van der Waals surface area contributed by atoms with Gasteiger partial charge in [0.2, 0.25) is 0 Å². The smallest absolute Gasteiger partial charge is 0.435 e. The molecule has 1 aromatic carbocycles. The molecule has 0 unspecified atom stereocenters. The number of primary amides is 1. The van der Waals surface area contributed by atoms with Crippen molar-refractivity contribution in [2.75, 3.05) is 11.9 Å². The Bertz CT molecular complexity index is 1250. The summed E-state index contributed by atoms with van der Waals surface area (Å²) < 4.78 is 48.1. The van der Waals surface area contributed by atoms with E-state index >= 15 is 0 Å². The number of alkyl carbamates (subject to hydrolysis) is 1. The highest BCUT2D eigenvalue weighted by Crippen LogP contribution is 2.42. The number of Topliss-reactive ketones (excluding diaryl/α,β-unsaturated/α-hetero) is 1. The molecule has 0 atom stereocenters. The van der Waals surface area contributed by atoms with Crippen LogP contribution in [0.25, 0.3) is 5.69 Å². The summed E-state index contributed by atoms with van der Waals surface area (Å²) in [4.78, 5) is 36.6. The van der Waals surface area contributed by atoms with Gasteiger partial charge in [-0.25, -0.2) is 9.48 Å². The number of nitrogens with one attached hydrogen (secondary N) is 2. The van der Waals surface area contributed by atoms with Gasteiger partial charge in [0.05, 0.1) is 22.5 Å². The van der Waals surface area contributed by atoms with Crippen molar-refractivity contribution >= 4 is 23.5 Å².